The lowest BCUT2D eigenvalue weighted by molar-refractivity contribution is -0.114. The number of carbonyl (C=O) groups excluding carboxylic acids is 1. The van der Waals surface area contributed by atoms with Gasteiger partial charge in [-0.05, 0) is 36.8 Å². The van der Waals surface area contributed by atoms with Gasteiger partial charge >= 0.3 is 0 Å². The van der Waals surface area contributed by atoms with Crippen molar-refractivity contribution in [3.63, 3.8) is 0 Å². The van der Waals surface area contributed by atoms with Crippen LogP contribution in [0.5, 0.6) is 0 Å². The van der Waals surface area contributed by atoms with E-state index >= 15 is 0 Å². The zero-order chi connectivity index (χ0) is 20.7. The summed E-state index contributed by atoms with van der Waals surface area (Å²) in [5.74, 6) is -0.719. The van der Waals surface area contributed by atoms with Crippen molar-refractivity contribution in [3.8, 4) is 0 Å². The normalized spacial score (nSPS) is 11.9. The topological polar surface area (TPSA) is 72.3 Å². The largest absolute Gasteiger partial charge is 0.398 e. The number of oxime groups is 2. The summed E-state index contributed by atoms with van der Waals surface area (Å²) in [6.45, 7) is 3.75. The van der Waals surface area contributed by atoms with E-state index in [1.54, 1.807) is 19.1 Å². The van der Waals surface area contributed by atoms with Crippen molar-refractivity contribution in [1.29, 1.82) is 0 Å². The second-order valence-electron chi connectivity index (χ2n) is 5.98. The molecule has 0 bridgehead atoms. The average molecular weight is 403 g/mol. The number of rotatable bonds is 7. The Hall–Kier alpha value is -2.79. The Kier molecular flexibility index (Phi) is 7.64. The molecule has 2 rings (SSSR count). The fraction of sp³-hybridized carbons (Fsp3) is 0.250. The SMILES string of the molecule is CNC(=O)/C(=N/OC)c1cccc(C)c1CO/N=C(\C)c1cc(F)ccc1P. The number of hydrogen-bond acceptors (Lipinski definition) is 5. The first-order valence-corrected chi connectivity index (χ1v) is 9.10. The van der Waals surface area contributed by atoms with E-state index in [-0.39, 0.29) is 24.0 Å². The van der Waals surface area contributed by atoms with Gasteiger partial charge in [-0.1, -0.05) is 34.6 Å². The standard InChI is InChI=1S/C20H23FN3O3P/c1-12-6-5-7-15(19(24-26-4)20(25)22-3)17(12)11-27-23-13(2)16-10-14(21)8-9-18(16)28/h5-10H,11,28H2,1-4H3,(H,22,25)/b23-13+,24-19+. The third kappa shape index (κ3) is 5.14. The van der Waals surface area contributed by atoms with Crippen molar-refractivity contribution < 1.29 is 18.9 Å². The highest BCUT2D eigenvalue weighted by Crippen LogP contribution is 2.18. The van der Waals surface area contributed by atoms with Gasteiger partial charge in [0.1, 0.15) is 19.5 Å². The number of benzene rings is 2. The van der Waals surface area contributed by atoms with Crippen molar-refractivity contribution in [1.82, 2.24) is 5.32 Å². The summed E-state index contributed by atoms with van der Waals surface area (Å²) < 4.78 is 13.5. The number of halogens is 1. The van der Waals surface area contributed by atoms with Crippen LogP contribution in [0.3, 0.4) is 0 Å². The highest BCUT2D eigenvalue weighted by Gasteiger charge is 2.19. The molecule has 0 spiro atoms. The van der Waals surface area contributed by atoms with Crippen LogP contribution in [0.1, 0.15) is 29.2 Å². The molecule has 1 unspecified atom stereocenters. The van der Waals surface area contributed by atoms with Gasteiger partial charge in [-0.2, -0.15) is 0 Å². The number of nitrogens with zero attached hydrogens (tertiary/aromatic N) is 2. The highest BCUT2D eigenvalue weighted by atomic mass is 31.0. The smallest absolute Gasteiger partial charge is 0.273 e. The zero-order valence-corrected chi connectivity index (χ0v) is 17.4. The summed E-state index contributed by atoms with van der Waals surface area (Å²) in [5, 5.41) is 11.3. The molecule has 1 atom stereocenters. The van der Waals surface area contributed by atoms with Crippen LogP contribution in [0, 0.1) is 12.7 Å². The zero-order valence-electron chi connectivity index (χ0n) is 16.2. The highest BCUT2D eigenvalue weighted by molar-refractivity contribution is 7.27. The van der Waals surface area contributed by atoms with Gasteiger partial charge in [-0.15, -0.1) is 9.24 Å². The van der Waals surface area contributed by atoms with E-state index in [1.807, 2.05) is 19.1 Å². The predicted molar refractivity (Wildman–Crippen MR) is 112 cm³/mol. The second-order valence-corrected chi connectivity index (χ2v) is 6.61. The quantitative estimate of drug-likeness (QED) is 0.439. The molecular formula is C20H23FN3O3P. The molecule has 0 heterocycles. The number of hydrogen-bond donors (Lipinski definition) is 1. The average Bonchev–Trinajstić information content (AvgIpc) is 2.68. The Morgan fingerprint density at radius 1 is 1.21 bits per heavy atom. The van der Waals surface area contributed by atoms with Gasteiger partial charge < -0.3 is 15.0 Å². The number of likely N-dealkylation sites (N-methyl/N-ethyl adjacent to an activating group) is 1. The lowest BCUT2D eigenvalue weighted by atomic mass is 9.98. The number of amides is 1. The van der Waals surface area contributed by atoms with E-state index in [1.165, 1.54) is 26.3 Å². The number of aryl methyl sites for hydroxylation is 1. The van der Waals surface area contributed by atoms with Crippen molar-refractivity contribution in [2.45, 2.75) is 20.5 Å². The van der Waals surface area contributed by atoms with E-state index in [9.17, 15) is 9.18 Å². The molecule has 1 N–H and O–H groups in total. The second kappa shape index (κ2) is 9.95. The third-order valence-electron chi connectivity index (χ3n) is 4.11. The van der Waals surface area contributed by atoms with Crippen LogP contribution in [0.25, 0.3) is 0 Å². The van der Waals surface area contributed by atoms with Crippen LogP contribution in [-0.2, 0) is 21.1 Å². The van der Waals surface area contributed by atoms with Gasteiger partial charge in [-0.3, -0.25) is 4.79 Å². The van der Waals surface area contributed by atoms with Gasteiger partial charge in [0.2, 0.25) is 0 Å². The lowest BCUT2D eigenvalue weighted by Crippen LogP contribution is -2.29. The number of carbonyl (C=O) groups is 1. The summed E-state index contributed by atoms with van der Waals surface area (Å²) >= 11 is 0. The molecule has 0 aliphatic heterocycles. The Labute approximate surface area is 166 Å². The summed E-state index contributed by atoms with van der Waals surface area (Å²) in [7, 11) is 5.44. The van der Waals surface area contributed by atoms with Gasteiger partial charge in [0.25, 0.3) is 5.91 Å². The summed E-state index contributed by atoms with van der Waals surface area (Å²) in [4.78, 5) is 22.5. The molecule has 2 aromatic rings. The predicted octanol–water partition coefficient (Wildman–Crippen LogP) is 2.67. The van der Waals surface area contributed by atoms with Crippen LogP contribution >= 0.6 is 9.24 Å². The molecule has 148 valence electrons. The van der Waals surface area contributed by atoms with Gasteiger partial charge in [-0.25, -0.2) is 4.39 Å². The Morgan fingerprint density at radius 3 is 2.64 bits per heavy atom. The molecule has 0 aliphatic rings. The monoisotopic (exact) mass is 403 g/mol. The summed E-state index contributed by atoms with van der Waals surface area (Å²) in [6, 6.07) is 9.94. The van der Waals surface area contributed by atoms with Crippen molar-refractivity contribution in [2.75, 3.05) is 14.2 Å². The molecule has 0 fully saturated rings. The molecule has 0 saturated heterocycles. The van der Waals surface area contributed by atoms with Crippen LogP contribution in [0.4, 0.5) is 4.39 Å². The van der Waals surface area contributed by atoms with Crippen LogP contribution in [0.15, 0.2) is 46.7 Å². The molecular weight excluding hydrogens is 380 g/mol. The Morgan fingerprint density at radius 2 is 1.96 bits per heavy atom. The fourth-order valence-corrected chi connectivity index (χ4v) is 3.01. The molecule has 2 aromatic carbocycles. The molecule has 0 radical (unpaired) electrons. The van der Waals surface area contributed by atoms with Crippen LogP contribution < -0.4 is 10.6 Å². The van der Waals surface area contributed by atoms with Crippen molar-refractivity contribution in [2.24, 2.45) is 10.3 Å². The molecule has 8 heteroatoms. The molecule has 28 heavy (non-hydrogen) atoms. The van der Waals surface area contributed by atoms with Gasteiger partial charge in [0, 0.05) is 23.7 Å². The summed E-state index contributed by atoms with van der Waals surface area (Å²) in [6.07, 6.45) is 0. The molecule has 0 aromatic heterocycles. The minimum atomic E-state index is -0.374. The third-order valence-corrected chi connectivity index (χ3v) is 4.61. The lowest BCUT2D eigenvalue weighted by Gasteiger charge is -2.13. The minimum absolute atomic E-state index is 0.112. The molecule has 1 amide bonds. The minimum Gasteiger partial charge on any atom is -0.398 e. The first-order chi connectivity index (χ1) is 13.4. The van der Waals surface area contributed by atoms with E-state index in [4.69, 9.17) is 9.68 Å². The maximum Gasteiger partial charge on any atom is 0.273 e. The fourth-order valence-electron chi connectivity index (χ4n) is 2.62. The molecule has 0 aliphatic carbocycles. The first kappa shape index (κ1) is 21.5. The summed E-state index contributed by atoms with van der Waals surface area (Å²) in [5.41, 5.74) is 3.58. The van der Waals surface area contributed by atoms with Crippen LogP contribution in [0.2, 0.25) is 0 Å². The molecule has 0 saturated carbocycles. The van der Waals surface area contributed by atoms with Crippen molar-refractivity contribution >= 4 is 31.9 Å². The van der Waals surface area contributed by atoms with E-state index in [0.717, 1.165) is 16.4 Å². The maximum absolute atomic E-state index is 13.5. The molecule has 6 nitrogen and oxygen atoms in total. The van der Waals surface area contributed by atoms with Gasteiger partial charge in [0.15, 0.2) is 5.71 Å². The Balaban J connectivity index is 2.31. The van der Waals surface area contributed by atoms with E-state index < -0.39 is 0 Å². The Bertz CT molecular complexity index is 929. The number of nitrogens with one attached hydrogen (secondary N) is 1. The van der Waals surface area contributed by atoms with Gasteiger partial charge in [0.05, 0.1) is 5.71 Å². The van der Waals surface area contributed by atoms with Crippen molar-refractivity contribution in [3.05, 3.63) is 64.5 Å². The van der Waals surface area contributed by atoms with E-state index in [2.05, 4.69) is 24.9 Å². The van der Waals surface area contributed by atoms with E-state index in [0.29, 0.717) is 16.8 Å². The maximum atomic E-state index is 13.5. The first-order valence-electron chi connectivity index (χ1n) is 8.53. The van der Waals surface area contributed by atoms with Crippen LogP contribution in [-0.4, -0.2) is 31.5 Å².